The van der Waals surface area contributed by atoms with Gasteiger partial charge in [-0.2, -0.15) is 0 Å². The Kier molecular flexibility index (Phi) is 2.76. The zero-order valence-electron chi connectivity index (χ0n) is 11.4. The minimum atomic E-state index is 0.816. The molecule has 1 aliphatic heterocycles. The highest BCUT2D eigenvalue weighted by molar-refractivity contribution is 5.22. The predicted octanol–water partition coefficient (Wildman–Crippen LogP) is 3.23. The molecular formula is C15H24N2. The summed E-state index contributed by atoms with van der Waals surface area (Å²) in [5.41, 5.74) is 3.00. The van der Waals surface area contributed by atoms with Crippen molar-refractivity contribution in [3.05, 3.63) is 17.2 Å². The van der Waals surface area contributed by atoms with Crippen molar-refractivity contribution in [2.75, 3.05) is 0 Å². The van der Waals surface area contributed by atoms with Crippen LogP contribution in [0.25, 0.3) is 0 Å². The second-order valence-electron chi connectivity index (χ2n) is 6.42. The van der Waals surface area contributed by atoms with Crippen LogP contribution in [0.15, 0.2) is 0 Å². The zero-order valence-corrected chi connectivity index (χ0v) is 11.4. The lowest BCUT2D eigenvalue weighted by Gasteiger charge is -2.27. The number of hydrogen-bond acceptors (Lipinski definition) is 1. The molecule has 0 aromatic carbocycles. The monoisotopic (exact) mass is 232 g/mol. The van der Waals surface area contributed by atoms with Crippen molar-refractivity contribution in [2.45, 2.75) is 59.4 Å². The number of aryl methyl sites for hydroxylation is 1. The fourth-order valence-electron chi connectivity index (χ4n) is 3.45. The molecule has 0 bridgehead atoms. The van der Waals surface area contributed by atoms with E-state index in [1.165, 1.54) is 50.2 Å². The highest BCUT2D eigenvalue weighted by atomic mass is 15.1. The summed E-state index contributed by atoms with van der Waals surface area (Å²) in [5.74, 6) is 3.89. The molecule has 0 N–H and O–H groups in total. The van der Waals surface area contributed by atoms with Crippen LogP contribution in [0.5, 0.6) is 0 Å². The second kappa shape index (κ2) is 4.15. The number of rotatable bonds is 1. The van der Waals surface area contributed by atoms with Gasteiger partial charge >= 0.3 is 0 Å². The predicted molar refractivity (Wildman–Crippen MR) is 70.1 cm³/mol. The van der Waals surface area contributed by atoms with Gasteiger partial charge in [-0.3, -0.25) is 0 Å². The highest BCUT2D eigenvalue weighted by Gasteiger charge is 2.28. The standard InChI is InChI=1S/C15H24N2/c1-10(2)12-4-5-13-14(9-12)17-7-6-11(3)8-15(17)16-13/h10-12H,4-9H2,1-3H3. The normalized spacial score (nSPS) is 28.0. The summed E-state index contributed by atoms with van der Waals surface area (Å²) in [6.45, 7) is 8.30. The summed E-state index contributed by atoms with van der Waals surface area (Å²) < 4.78 is 2.55. The fourth-order valence-corrected chi connectivity index (χ4v) is 3.45. The lowest BCUT2D eigenvalue weighted by atomic mass is 9.82. The van der Waals surface area contributed by atoms with Crippen LogP contribution in [0.3, 0.4) is 0 Å². The van der Waals surface area contributed by atoms with E-state index in [9.17, 15) is 0 Å². The largest absolute Gasteiger partial charge is 0.332 e. The molecule has 3 rings (SSSR count). The summed E-state index contributed by atoms with van der Waals surface area (Å²) in [6.07, 6.45) is 6.36. The average Bonchev–Trinajstić information content (AvgIpc) is 2.64. The summed E-state index contributed by atoms with van der Waals surface area (Å²) in [5, 5.41) is 0. The van der Waals surface area contributed by atoms with Gasteiger partial charge < -0.3 is 4.57 Å². The molecule has 1 aromatic rings. The molecule has 94 valence electrons. The van der Waals surface area contributed by atoms with Gasteiger partial charge in [0, 0.05) is 18.7 Å². The zero-order chi connectivity index (χ0) is 12.0. The van der Waals surface area contributed by atoms with Crippen LogP contribution in [0, 0.1) is 17.8 Å². The van der Waals surface area contributed by atoms with Gasteiger partial charge in [0.2, 0.25) is 0 Å². The Labute approximate surface area is 104 Å². The van der Waals surface area contributed by atoms with Crippen LogP contribution in [0.1, 0.15) is 50.8 Å². The summed E-state index contributed by atoms with van der Waals surface area (Å²) in [7, 11) is 0. The van der Waals surface area contributed by atoms with Gasteiger partial charge in [0.05, 0.1) is 5.69 Å². The van der Waals surface area contributed by atoms with Crippen LogP contribution in [-0.2, 0) is 25.8 Å². The van der Waals surface area contributed by atoms with E-state index in [1.54, 1.807) is 5.69 Å². The van der Waals surface area contributed by atoms with Crippen LogP contribution >= 0.6 is 0 Å². The molecule has 0 amide bonds. The van der Waals surface area contributed by atoms with E-state index in [0.29, 0.717) is 0 Å². The maximum Gasteiger partial charge on any atom is 0.109 e. The van der Waals surface area contributed by atoms with Crippen molar-refractivity contribution >= 4 is 0 Å². The Morgan fingerprint density at radius 1 is 1.24 bits per heavy atom. The van der Waals surface area contributed by atoms with Gasteiger partial charge in [-0.25, -0.2) is 4.98 Å². The Hall–Kier alpha value is -0.790. The van der Waals surface area contributed by atoms with E-state index in [4.69, 9.17) is 4.98 Å². The van der Waals surface area contributed by atoms with Gasteiger partial charge in [-0.15, -0.1) is 0 Å². The van der Waals surface area contributed by atoms with Crippen LogP contribution < -0.4 is 0 Å². The molecule has 2 heteroatoms. The van der Waals surface area contributed by atoms with Crippen molar-refractivity contribution in [3.8, 4) is 0 Å². The maximum absolute atomic E-state index is 4.90. The first-order valence-electron chi connectivity index (χ1n) is 7.22. The first-order chi connectivity index (χ1) is 8.15. The van der Waals surface area contributed by atoms with Crippen molar-refractivity contribution in [1.29, 1.82) is 0 Å². The first-order valence-corrected chi connectivity index (χ1v) is 7.22. The SMILES string of the molecule is CC1CCn2c(nc3c2CC(C(C)C)CC3)C1. The van der Waals surface area contributed by atoms with Gasteiger partial charge in [0.15, 0.2) is 0 Å². The smallest absolute Gasteiger partial charge is 0.109 e. The molecule has 0 saturated heterocycles. The third kappa shape index (κ3) is 1.92. The molecule has 0 fully saturated rings. The summed E-state index contributed by atoms with van der Waals surface area (Å²) in [4.78, 5) is 4.90. The fraction of sp³-hybridized carbons (Fsp3) is 0.800. The van der Waals surface area contributed by atoms with E-state index >= 15 is 0 Å². The number of imidazole rings is 1. The van der Waals surface area contributed by atoms with Gasteiger partial charge in [0.1, 0.15) is 5.82 Å². The minimum absolute atomic E-state index is 0.816. The molecule has 2 nitrogen and oxygen atoms in total. The molecule has 0 saturated carbocycles. The number of nitrogens with zero attached hydrogens (tertiary/aromatic N) is 2. The Morgan fingerprint density at radius 3 is 2.82 bits per heavy atom. The van der Waals surface area contributed by atoms with E-state index in [-0.39, 0.29) is 0 Å². The second-order valence-corrected chi connectivity index (χ2v) is 6.42. The van der Waals surface area contributed by atoms with Crippen LogP contribution in [0.2, 0.25) is 0 Å². The number of aromatic nitrogens is 2. The van der Waals surface area contributed by atoms with Crippen molar-refractivity contribution in [1.82, 2.24) is 9.55 Å². The van der Waals surface area contributed by atoms with E-state index in [1.807, 2.05) is 0 Å². The Balaban J connectivity index is 1.92. The molecule has 2 heterocycles. The van der Waals surface area contributed by atoms with Crippen molar-refractivity contribution in [2.24, 2.45) is 17.8 Å². The first kappa shape index (κ1) is 11.3. The highest BCUT2D eigenvalue weighted by Crippen LogP contribution is 2.33. The molecular weight excluding hydrogens is 208 g/mol. The summed E-state index contributed by atoms with van der Waals surface area (Å²) >= 11 is 0. The summed E-state index contributed by atoms with van der Waals surface area (Å²) in [6, 6.07) is 0. The van der Waals surface area contributed by atoms with Crippen molar-refractivity contribution in [3.63, 3.8) is 0 Å². The van der Waals surface area contributed by atoms with E-state index < -0.39 is 0 Å². The van der Waals surface area contributed by atoms with Gasteiger partial charge in [0.25, 0.3) is 0 Å². The molecule has 1 aromatic heterocycles. The third-order valence-electron chi connectivity index (χ3n) is 4.76. The quantitative estimate of drug-likeness (QED) is 0.727. The maximum atomic E-state index is 4.90. The van der Waals surface area contributed by atoms with Gasteiger partial charge in [-0.05, 0) is 43.4 Å². The van der Waals surface area contributed by atoms with E-state index in [0.717, 1.165) is 17.8 Å². The van der Waals surface area contributed by atoms with Crippen LogP contribution in [0.4, 0.5) is 0 Å². The molecule has 2 atom stereocenters. The molecule has 0 radical (unpaired) electrons. The van der Waals surface area contributed by atoms with Gasteiger partial charge in [-0.1, -0.05) is 20.8 Å². The lowest BCUT2D eigenvalue weighted by Crippen LogP contribution is -2.23. The minimum Gasteiger partial charge on any atom is -0.332 e. The third-order valence-corrected chi connectivity index (χ3v) is 4.76. The Morgan fingerprint density at radius 2 is 2.06 bits per heavy atom. The van der Waals surface area contributed by atoms with Crippen molar-refractivity contribution < 1.29 is 0 Å². The molecule has 2 aliphatic rings. The topological polar surface area (TPSA) is 17.8 Å². The molecule has 2 unspecified atom stereocenters. The van der Waals surface area contributed by atoms with E-state index in [2.05, 4.69) is 25.3 Å². The average molecular weight is 232 g/mol. The number of fused-ring (bicyclic) bond motifs is 3. The molecule has 1 aliphatic carbocycles. The lowest BCUT2D eigenvalue weighted by molar-refractivity contribution is 0.326. The van der Waals surface area contributed by atoms with Crippen LogP contribution in [-0.4, -0.2) is 9.55 Å². The molecule has 17 heavy (non-hydrogen) atoms. The number of hydrogen-bond donors (Lipinski definition) is 0. The molecule has 0 spiro atoms. The Bertz CT molecular complexity index is 417.